The highest BCUT2D eigenvalue weighted by atomic mass is 19.1. The molecule has 1 fully saturated rings. The Morgan fingerprint density at radius 1 is 1.24 bits per heavy atom. The number of aliphatic carboxylic acids is 1. The van der Waals surface area contributed by atoms with Crippen molar-refractivity contribution in [1.82, 2.24) is 4.90 Å². The standard InChI is InChI=1S/C18H21FN2O4/c19-13-5-6-14-12(11-13)4-7-16(22)21(14)10-8-17(23)20-9-2-1-3-15(20)18(24)25/h5-6,11,15H,1-4,7-10H2,(H,24,25). The fourth-order valence-corrected chi connectivity index (χ4v) is 3.61. The monoisotopic (exact) mass is 348 g/mol. The van der Waals surface area contributed by atoms with Crippen molar-refractivity contribution in [2.45, 2.75) is 44.6 Å². The summed E-state index contributed by atoms with van der Waals surface area (Å²) in [4.78, 5) is 39.0. The highest BCUT2D eigenvalue weighted by Gasteiger charge is 2.32. The molecule has 3 rings (SSSR count). The molecule has 1 aromatic carbocycles. The molecular formula is C18H21FN2O4. The first-order valence-electron chi connectivity index (χ1n) is 8.58. The third kappa shape index (κ3) is 3.65. The van der Waals surface area contributed by atoms with Crippen LogP contribution in [0.1, 0.15) is 37.7 Å². The molecule has 1 saturated heterocycles. The van der Waals surface area contributed by atoms with E-state index in [1.54, 1.807) is 6.07 Å². The van der Waals surface area contributed by atoms with E-state index in [1.165, 1.54) is 21.9 Å². The Balaban J connectivity index is 1.69. The van der Waals surface area contributed by atoms with Crippen LogP contribution in [0.15, 0.2) is 18.2 Å². The van der Waals surface area contributed by atoms with Crippen molar-refractivity contribution in [2.75, 3.05) is 18.0 Å². The molecule has 2 aliphatic rings. The number of carbonyl (C=O) groups excluding carboxylic acids is 2. The first kappa shape index (κ1) is 17.4. The molecule has 6 nitrogen and oxygen atoms in total. The Labute approximate surface area is 145 Å². The van der Waals surface area contributed by atoms with E-state index in [0.717, 1.165) is 18.4 Å². The third-order valence-electron chi connectivity index (χ3n) is 4.90. The Hall–Kier alpha value is -2.44. The summed E-state index contributed by atoms with van der Waals surface area (Å²) >= 11 is 0. The Kier molecular flexibility index (Phi) is 5.01. The van der Waals surface area contributed by atoms with Gasteiger partial charge in [-0.2, -0.15) is 0 Å². The van der Waals surface area contributed by atoms with Gasteiger partial charge >= 0.3 is 5.97 Å². The molecule has 0 radical (unpaired) electrons. The smallest absolute Gasteiger partial charge is 0.326 e. The van der Waals surface area contributed by atoms with E-state index in [-0.39, 0.29) is 37.0 Å². The molecule has 1 N–H and O–H groups in total. The van der Waals surface area contributed by atoms with E-state index >= 15 is 0 Å². The van der Waals surface area contributed by atoms with E-state index in [4.69, 9.17) is 0 Å². The highest BCUT2D eigenvalue weighted by molar-refractivity contribution is 5.97. The molecule has 7 heteroatoms. The molecule has 0 spiro atoms. The summed E-state index contributed by atoms with van der Waals surface area (Å²) in [6.07, 6.45) is 2.89. The zero-order valence-corrected chi connectivity index (χ0v) is 13.9. The highest BCUT2D eigenvalue weighted by Crippen LogP contribution is 2.29. The van der Waals surface area contributed by atoms with Gasteiger partial charge in [0.1, 0.15) is 11.9 Å². The number of piperidine rings is 1. The van der Waals surface area contributed by atoms with Crippen molar-refractivity contribution in [1.29, 1.82) is 0 Å². The number of carboxylic acid groups (broad SMARTS) is 1. The number of hydrogen-bond donors (Lipinski definition) is 1. The number of fused-ring (bicyclic) bond motifs is 1. The zero-order valence-electron chi connectivity index (χ0n) is 13.9. The van der Waals surface area contributed by atoms with Gasteiger partial charge in [0.15, 0.2) is 0 Å². The molecule has 1 unspecified atom stereocenters. The lowest BCUT2D eigenvalue weighted by atomic mass is 10.00. The lowest BCUT2D eigenvalue weighted by molar-refractivity contribution is -0.152. The summed E-state index contributed by atoms with van der Waals surface area (Å²) in [7, 11) is 0. The Bertz CT molecular complexity index is 706. The van der Waals surface area contributed by atoms with Crippen LogP contribution in [-0.2, 0) is 20.8 Å². The van der Waals surface area contributed by atoms with Crippen molar-refractivity contribution in [2.24, 2.45) is 0 Å². The van der Waals surface area contributed by atoms with Crippen LogP contribution in [0.25, 0.3) is 0 Å². The first-order valence-corrected chi connectivity index (χ1v) is 8.58. The van der Waals surface area contributed by atoms with E-state index in [9.17, 15) is 23.9 Å². The predicted molar refractivity (Wildman–Crippen MR) is 88.7 cm³/mol. The van der Waals surface area contributed by atoms with E-state index < -0.39 is 12.0 Å². The Morgan fingerprint density at radius 2 is 2.04 bits per heavy atom. The molecule has 0 aliphatic carbocycles. The fourth-order valence-electron chi connectivity index (χ4n) is 3.61. The van der Waals surface area contributed by atoms with Gasteiger partial charge in [0.25, 0.3) is 0 Å². The van der Waals surface area contributed by atoms with Crippen LogP contribution in [0.2, 0.25) is 0 Å². The van der Waals surface area contributed by atoms with Crippen molar-refractivity contribution >= 4 is 23.5 Å². The molecule has 25 heavy (non-hydrogen) atoms. The minimum atomic E-state index is -0.983. The van der Waals surface area contributed by atoms with Gasteiger partial charge in [0.2, 0.25) is 11.8 Å². The van der Waals surface area contributed by atoms with Crippen molar-refractivity contribution < 1.29 is 23.9 Å². The summed E-state index contributed by atoms with van der Waals surface area (Å²) in [6, 6.07) is 3.51. The average Bonchev–Trinajstić information content (AvgIpc) is 2.60. The number of carboxylic acids is 1. The van der Waals surface area contributed by atoms with Crippen LogP contribution in [0, 0.1) is 5.82 Å². The minimum absolute atomic E-state index is 0.0618. The second-order valence-corrected chi connectivity index (χ2v) is 6.51. The molecule has 1 atom stereocenters. The van der Waals surface area contributed by atoms with Crippen molar-refractivity contribution in [3.05, 3.63) is 29.6 Å². The predicted octanol–water partition coefficient (Wildman–Crippen LogP) is 1.96. The zero-order chi connectivity index (χ0) is 18.0. The second kappa shape index (κ2) is 7.21. The molecule has 2 amide bonds. The number of benzene rings is 1. The van der Waals surface area contributed by atoms with Gasteiger partial charge in [0, 0.05) is 31.6 Å². The SMILES string of the molecule is O=C(O)C1CCCCN1C(=O)CCN1C(=O)CCc2cc(F)ccc21. The topological polar surface area (TPSA) is 77.9 Å². The van der Waals surface area contributed by atoms with E-state index in [0.29, 0.717) is 25.1 Å². The lowest BCUT2D eigenvalue weighted by Crippen LogP contribution is -2.49. The van der Waals surface area contributed by atoms with Crippen LogP contribution < -0.4 is 4.90 Å². The van der Waals surface area contributed by atoms with Crippen molar-refractivity contribution in [3.63, 3.8) is 0 Å². The third-order valence-corrected chi connectivity index (χ3v) is 4.90. The van der Waals surface area contributed by atoms with Gasteiger partial charge in [-0.25, -0.2) is 9.18 Å². The molecule has 0 bridgehead atoms. The van der Waals surface area contributed by atoms with E-state index in [1.807, 2.05) is 0 Å². The number of nitrogens with zero attached hydrogens (tertiary/aromatic N) is 2. The maximum absolute atomic E-state index is 13.4. The number of rotatable bonds is 4. The lowest BCUT2D eigenvalue weighted by Gasteiger charge is -2.34. The number of halogens is 1. The maximum atomic E-state index is 13.4. The number of likely N-dealkylation sites (tertiary alicyclic amines) is 1. The summed E-state index contributed by atoms with van der Waals surface area (Å²) < 4.78 is 13.4. The maximum Gasteiger partial charge on any atom is 0.326 e. The van der Waals surface area contributed by atoms with Crippen LogP contribution in [0.3, 0.4) is 0 Å². The van der Waals surface area contributed by atoms with Gasteiger partial charge in [0.05, 0.1) is 0 Å². The Morgan fingerprint density at radius 3 is 2.80 bits per heavy atom. The molecule has 0 saturated carbocycles. The van der Waals surface area contributed by atoms with Crippen LogP contribution in [0.5, 0.6) is 0 Å². The number of carbonyl (C=O) groups is 3. The molecular weight excluding hydrogens is 327 g/mol. The molecule has 2 aliphatic heterocycles. The molecule has 1 aromatic rings. The largest absolute Gasteiger partial charge is 0.480 e. The summed E-state index contributed by atoms with van der Waals surface area (Å²) in [5, 5.41) is 9.28. The van der Waals surface area contributed by atoms with E-state index in [2.05, 4.69) is 0 Å². The summed E-state index contributed by atoms with van der Waals surface area (Å²) in [5.74, 6) is -1.68. The number of amides is 2. The van der Waals surface area contributed by atoms with Gasteiger partial charge in [-0.15, -0.1) is 0 Å². The second-order valence-electron chi connectivity index (χ2n) is 6.51. The average molecular weight is 348 g/mol. The number of anilines is 1. The normalized spacial score (nSPS) is 20.4. The van der Waals surface area contributed by atoms with Gasteiger partial charge in [-0.3, -0.25) is 9.59 Å². The van der Waals surface area contributed by atoms with Crippen LogP contribution in [-0.4, -0.2) is 46.9 Å². The number of aryl methyl sites for hydroxylation is 1. The van der Waals surface area contributed by atoms with Gasteiger partial charge in [-0.05, 0) is 49.4 Å². The fraction of sp³-hybridized carbons (Fsp3) is 0.500. The van der Waals surface area contributed by atoms with Crippen molar-refractivity contribution in [3.8, 4) is 0 Å². The molecule has 134 valence electrons. The first-order chi connectivity index (χ1) is 12.0. The summed E-state index contributed by atoms with van der Waals surface area (Å²) in [5.41, 5.74) is 1.40. The minimum Gasteiger partial charge on any atom is -0.480 e. The van der Waals surface area contributed by atoms with Crippen LogP contribution in [0.4, 0.5) is 10.1 Å². The van der Waals surface area contributed by atoms with Gasteiger partial charge in [-0.1, -0.05) is 0 Å². The quantitative estimate of drug-likeness (QED) is 0.902. The van der Waals surface area contributed by atoms with Crippen LogP contribution >= 0.6 is 0 Å². The van der Waals surface area contributed by atoms with Gasteiger partial charge < -0.3 is 14.9 Å². The summed E-state index contributed by atoms with van der Waals surface area (Å²) in [6.45, 7) is 0.616. The number of hydrogen-bond acceptors (Lipinski definition) is 3. The molecule has 0 aromatic heterocycles. The molecule has 2 heterocycles.